The molecule has 166 valence electrons. The molecule has 1 aromatic heterocycles. The van der Waals surface area contributed by atoms with Gasteiger partial charge in [0, 0.05) is 30.3 Å². The highest BCUT2D eigenvalue weighted by atomic mass is 16.5. The average molecular weight is 438 g/mol. The molecule has 4 rings (SSSR count). The van der Waals surface area contributed by atoms with E-state index < -0.39 is 11.9 Å². The molecule has 3 N–H and O–H groups in total. The highest BCUT2D eigenvalue weighted by Gasteiger charge is 2.35. The van der Waals surface area contributed by atoms with E-state index in [1.54, 1.807) is 42.0 Å². The zero-order valence-electron chi connectivity index (χ0n) is 17.7. The number of anilines is 1. The number of rotatable bonds is 6. The lowest BCUT2D eigenvalue weighted by atomic mass is 9.87. The molecule has 0 saturated heterocycles. The van der Waals surface area contributed by atoms with E-state index in [0.717, 1.165) is 0 Å². The minimum absolute atomic E-state index is 0.0291. The number of phenols is 1. The molecule has 2 heterocycles. The maximum absolute atomic E-state index is 12.6. The van der Waals surface area contributed by atoms with E-state index >= 15 is 0 Å². The van der Waals surface area contributed by atoms with Gasteiger partial charge < -0.3 is 34.3 Å². The lowest BCUT2D eigenvalue weighted by molar-refractivity contribution is -0.116. The summed E-state index contributed by atoms with van der Waals surface area (Å²) in [5.74, 6) is -1.19. The Balaban J connectivity index is 1.98. The first-order valence-electron chi connectivity index (χ1n) is 9.75. The maximum atomic E-state index is 12.6. The molecule has 0 radical (unpaired) electrons. The summed E-state index contributed by atoms with van der Waals surface area (Å²) in [5, 5.41) is 22.8. The Labute approximate surface area is 183 Å². The lowest BCUT2D eigenvalue weighted by Crippen LogP contribution is -2.25. The number of ether oxygens (including phenoxy) is 3. The molecule has 0 spiro atoms. The van der Waals surface area contributed by atoms with Gasteiger partial charge in [-0.05, 0) is 29.8 Å². The number of carboxylic acid groups (broad SMARTS) is 1. The van der Waals surface area contributed by atoms with Crippen LogP contribution in [0.15, 0.2) is 42.6 Å². The van der Waals surface area contributed by atoms with Crippen LogP contribution in [-0.2, 0) is 4.79 Å². The second kappa shape index (κ2) is 8.18. The molecule has 1 atom stereocenters. The number of methoxy groups -OCH3 is 3. The van der Waals surface area contributed by atoms with Gasteiger partial charge in [0.1, 0.15) is 11.3 Å². The van der Waals surface area contributed by atoms with Crippen molar-refractivity contribution in [3.8, 4) is 28.7 Å². The third-order valence-electron chi connectivity index (χ3n) is 5.49. The van der Waals surface area contributed by atoms with Gasteiger partial charge in [0.05, 0.1) is 32.7 Å². The number of aromatic carboxylic acids is 1. The van der Waals surface area contributed by atoms with Crippen molar-refractivity contribution in [2.75, 3.05) is 26.6 Å². The largest absolute Gasteiger partial charge is 0.502 e. The van der Waals surface area contributed by atoms with Crippen LogP contribution in [0.3, 0.4) is 0 Å². The first-order valence-corrected chi connectivity index (χ1v) is 9.75. The van der Waals surface area contributed by atoms with Gasteiger partial charge in [-0.15, -0.1) is 0 Å². The minimum atomic E-state index is -1.16. The van der Waals surface area contributed by atoms with E-state index in [0.29, 0.717) is 22.7 Å². The van der Waals surface area contributed by atoms with Crippen molar-refractivity contribution in [1.82, 2.24) is 4.57 Å². The number of phenolic OH excluding ortho intramolecular Hbond substituents is 1. The number of nitrogens with zero attached hydrogens (tertiary/aromatic N) is 1. The predicted octanol–water partition coefficient (Wildman–Crippen LogP) is 3.38. The van der Waals surface area contributed by atoms with Gasteiger partial charge in [-0.25, -0.2) is 4.79 Å². The fourth-order valence-electron chi connectivity index (χ4n) is 3.99. The number of carbonyl (C=O) groups excluding carboxylic acids is 1. The number of carbonyl (C=O) groups is 2. The first kappa shape index (κ1) is 21.1. The maximum Gasteiger partial charge on any atom is 0.339 e. The number of aromatic hydroxyl groups is 1. The Kier molecular flexibility index (Phi) is 5.40. The van der Waals surface area contributed by atoms with E-state index in [1.165, 1.54) is 20.4 Å². The van der Waals surface area contributed by atoms with Crippen molar-refractivity contribution in [3.05, 3.63) is 59.4 Å². The molecular formula is C23H22N2O7. The Morgan fingerprint density at radius 1 is 1.09 bits per heavy atom. The number of nitrogens with one attached hydrogen (secondary N) is 1. The summed E-state index contributed by atoms with van der Waals surface area (Å²) in [6, 6.07) is 10.4. The van der Waals surface area contributed by atoms with Gasteiger partial charge in [0.25, 0.3) is 0 Å². The molecule has 2 aromatic carbocycles. The Morgan fingerprint density at radius 2 is 1.78 bits per heavy atom. The second-order valence-corrected chi connectivity index (χ2v) is 7.26. The normalized spacial score (nSPS) is 15.0. The third kappa shape index (κ3) is 3.47. The summed E-state index contributed by atoms with van der Waals surface area (Å²) < 4.78 is 17.6. The quantitative estimate of drug-likeness (QED) is 0.540. The molecule has 1 aliphatic rings. The SMILES string of the molecule is COc1cccc(-n2cc(C(=O)O)c3c2[C@H](c2cc(OC)c(O)c(OC)c2)CC(=O)N3)c1. The molecule has 1 aliphatic heterocycles. The molecule has 0 saturated carbocycles. The second-order valence-electron chi connectivity index (χ2n) is 7.26. The fourth-order valence-corrected chi connectivity index (χ4v) is 3.99. The molecule has 1 amide bonds. The van der Waals surface area contributed by atoms with E-state index in [-0.39, 0.29) is 40.8 Å². The van der Waals surface area contributed by atoms with Gasteiger partial charge in [0.2, 0.25) is 11.7 Å². The zero-order chi connectivity index (χ0) is 23.0. The third-order valence-corrected chi connectivity index (χ3v) is 5.49. The summed E-state index contributed by atoms with van der Waals surface area (Å²) >= 11 is 0. The minimum Gasteiger partial charge on any atom is -0.502 e. The number of carboxylic acids is 1. The molecule has 32 heavy (non-hydrogen) atoms. The Hall–Kier alpha value is -4.14. The van der Waals surface area contributed by atoms with Crippen molar-refractivity contribution in [1.29, 1.82) is 0 Å². The van der Waals surface area contributed by atoms with E-state index in [2.05, 4.69) is 5.32 Å². The number of benzene rings is 2. The topological polar surface area (TPSA) is 119 Å². The lowest BCUT2D eigenvalue weighted by Gasteiger charge is -2.27. The van der Waals surface area contributed by atoms with Crippen LogP contribution in [0.5, 0.6) is 23.0 Å². The standard InChI is InChI=1S/C23H22N2O7/c1-30-14-6-4-5-13(9-14)25-11-16(23(28)29)20-21(25)15(10-19(26)24-20)12-7-17(31-2)22(27)18(8-12)32-3/h4-9,11,15,27H,10H2,1-3H3,(H,24,26)(H,28,29)/t15-/m0/s1. The number of fused-ring (bicyclic) bond motifs is 1. The number of hydrogen-bond donors (Lipinski definition) is 3. The van der Waals surface area contributed by atoms with Crippen molar-refractivity contribution in [3.63, 3.8) is 0 Å². The predicted molar refractivity (Wildman–Crippen MR) is 116 cm³/mol. The van der Waals surface area contributed by atoms with Crippen LogP contribution in [0.1, 0.15) is 34.0 Å². The van der Waals surface area contributed by atoms with Crippen molar-refractivity contribution >= 4 is 17.6 Å². The molecule has 9 heteroatoms. The van der Waals surface area contributed by atoms with Gasteiger partial charge in [0.15, 0.2) is 11.5 Å². The van der Waals surface area contributed by atoms with E-state index in [9.17, 15) is 19.8 Å². The highest BCUT2D eigenvalue weighted by Crippen LogP contribution is 2.46. The highest BCUT2D eigenvalue weighted by molar-refractivity contribution is 6.04. The monoisotopic (exact) mass is 438 g/mol. The van der Waals surface area contributed by atoms with Crippen LogP contribution in [0.4, 0.5) is 5.69 Å². The number of amides is 1. The van der Waals surface area contributed by atoms with E-state index in [1.807, 2.05) is 6.07 Å². The summed E-state index contributed by atoms with van der Waals surface area (Å²) in [5.41, 5.74) is 2.09. The van der Waals surface area contributed by atoms with Gasteiger partial charge >= 0.3 is 5.97 Å². The molecular weight excluding hydrogens is 416 g/mol. The zero-order valence-corrected chi connectivity index (χ0v) is 17.7. The van der Waals surface area contributed by atoms with Crippen LogP contribution in [0.25, 0.3) is 5.69 Å². The molecule has 9 nitrogen and oxygen atoms in total. The Bertz CT molecular complexity index is 1190. The van der Waals surface area contributed by atoms with Crippen molar-refractivity contribution in [2.24, 2.45) is 0 Å². The van der Waals surface area contributed by atoms with Crippen molar-refractivity contribution < 1.29 is 34.0 Å². The van der Waals surface area contributed by atoms with Gasteiger partial charge in [-0.2, -0.15) is 0 Å². The van der Waals surface area contributed by atoms with Gasteiger partial charge in [-0.1, -0.05) is 6.07 Å². The number of aromatic nitrogens is 1. The number of hydrogen-bond acceptors (Lipinski definition) is 6. The van der Waals surface area contributed by atoms with Gasteiger partial charge in [-0.3, -0.25) is 4.79 Å². The van der Waals surface area contributed by atoms with Crippen LogP contribution in [0, 0.1) is 0 Å². The molecule has 0 bridgehead atoms. The average Bonchev–Trinajstić information content (AvgIpc) is 3.18. The summed E-state index contributed by atoms with van der Waals surface area (Å²) in [7, 11) is 4.38. The van der Waals surface area contributed by atoms with Crippen LogP contribution < -0.4 is 19.5 Å². The van der Waals surface area contributed by atoms with Crippen LogP contribution >= 0.6 is 0 Å². The smallest absolute Gasteiger partial charge is 0.339 e. The van der Waals surface area contributed by atoms with E-state index in [4.69, 9.17) is 14.2 Å². The molecule has 0 aliphatic carbocycles. The molecule has 0 unspecified atom stereocenters. The fraction of sp³-hybridized carbons (Fsp3) is 0.217. The van der Waals surface area contributed by atoms with Crippen LogP contribution in [-0.4, -0.2) is 48.0 Å². The van der Waals surface area contributed by atoms with Crippen LogP contribution in [0.2, 0.25) is 0 Å². The molecule has 0 fully saturated rings. The summed E-state index contributed by atoms with van der Waals surface area (Å²) in [6.07, 6.45) is 1.55. The first-order chi connectivity index (χ1) is 15.4. The van der Waals surface area contributed by atoms with Crippen molar-refractivity contribution in [2.45, 2.75) is 12.3 Å². The summed E-state index contributed by atoms with van der Waals surface area (Å²) in [4.78, 5) is 24.5. The summed E-state index contributed by atoms with van der Waals surface area (Å²) in [6.45, 7) is 0. The molecule has 3 aromatic rings. The Morgan fingerprint density at radius 3 is 2.38 bits per heavy atom.